The standard InChI is InChI=1S/C15H19N5O3/c1-15(2,3)10-4-5-12(16-6-10)14(23)17-7-11-8-20(19-18-11)9-13(21)22/h4-6,8H,7,9H2,1-3H3,(H,17,23)(H,21,22). The molecule has 0 saturated heterocycles. The molecule has 0 atom stereocenters. The number of pyridine rings is 1. The summed E-state index contributed by atoms with van der Waals surface area (Å²) in [5.41, 5.74) is 1.82. The first kappa shape index (κ1) is 16.6. The van der Waals surface area contributed by atoms with Gasteiger partial charge in [-0.1, -0.05) is 32.1 Å². The minimum absolute atomic E-state index is 0.0232. The van der Waals surface area contributed by atoms with E-state index >= 15 is 0 Å². The molecule has 8 heteroatoms. The maximum absolute atomic E-state index is 12.0. The summed E-state index contributed by atoms with van der Waals surface area (Å²) in [7, 11) is 0. The molecule has 1 amide bonds. The van der Waals surface area contributed by atoms with Crippen LogP contribution in [-0.2, 0) is 23.3 Å². The first-order valence-corrected chi connectivity index (χ1v) is 7.11. The number of carbonyl (C=O) groups is 2. The average molecular weight is 317 g/mol. The van der Waals surface area contributed by atoms with Crippen molar-refractivity contribution in [1.29, 1.82) is 0 Å². The second-order valence-electron chi connectivity index (χ2n) is 6.17. The van der Waals surface area contributed by atoms with Gasteiger partial charge >= 0.3 is 5.97 Å². The van der Waals surface area contributed by atoms with Crippen molar-refractivity contribution in [3.63, 3.8) is 0 Å². The van der Waals surface area contributed by atoms with Crippen LogP contribution in [0.3, 0.4) is 0 Å². The minimum Gasteiger partial charge on any atom is -0.480 e. The third kappa shape index (κ3) is 4.60. The van der Waals surface area contributed by atoms with Crippen molar-refractivity contribution in [3.05, 3.63) is 41.5 Å². The topological polar surface area (TPSA) is 110 Å². The van der Waals surface area contributed by atoms with Gasteiger partial charge in [0, 0.05) is 6.20 Å². The maximum Gasteiger partial charge on any atom is 0.325 e. The predicted molar refractivity (Wildman–Crippen MR) is 81.8 cm³/mol. The van der Waals surface area contributed by atoms with Gasteiger partial charge in [0.05, 0.1) is 12.7 Å². The third-order valence-electron chi connectivity index (χ3n) is 3.18. The lowest BCUT2D eigenvalue weighted by molar-refractivity contribution is -0.137. The fourth-order valence-corrected chi connectivity index (χ4v) is 1.87. The van der Waals surface area contributed by atoms with Crippen molar-refractivity contribution in [2.45, 2.75) is 39.3 Å². The van der Waals surface area contributed by atoms with E-state index in [-0.39, 0.29) is 24.4 Å². The first-order chi connectivity index (χ1) is 10.8. The highest BCUT2D eigenvalue weighted by molar-refractivity contribution is 5.92. The summed E-state index contributed by atoms with van der Waals surface area (Å²) in [6, 6.07) is 3.56. The molecule has 0 unspecified atom stereocenters. The largest absolute Gasteiger partial charge is 0.480 e. The zero-order chi connectivity index (χ0) is 17.0. The van der Waals surface area contributed by atoms with E-state index in [0.717, 1.165) is 5.56 Å². The van der Waals surface area contributed by atoms with E-state index in [0.29, 0.717) is 11.4 Å². The molecule has 122 valence electrons. The molecule has 8 nitrogen and oxygen atoms in total. The van der Waals surface area contributed by atoms with Gasteiger partial charge in [-0.05, 0) is 17.0 Å². The number of aromatic nitrogens is 4. The number of carboxylic acids is 1. The van der Waals surface area contributed by atoms with Gasteiger partial charge in [-0.2, -0.15) is 0 Å². The quantitative estimate of drug-likeness (QED) is 0.851. The number of hydrogen-bond acceptors (Lipinski definition) is 5. The third-order valence-corrected chi connectivity index (χ3v) is 3.18. The molecular formula is C15H19N5O3. The van der Waals surface area contributed by atoms with Gasteiger partial charge in [-0.15, -0.1) is 5.10 Å². The van der Waals surface area contributed by atoms with Crippen LogP contribution >= 0.6 is 0 Å². The molecule has 2 aromatic rings. The van der Waals surface area contributed by atoms with E-state index in [1.165, 1.54) is 10.9 Å². The number of nitrogens with zero attached hydrogens (tertiary/aromatic N) is 4. The molecule has 2 aromatic heterocycles. The highest BCUT2D eigenvalue weighted by Gasteiger charge is 2.15. The molecule has 0 aromatic carbocycles. The zero-order valence-corrected chi connectivity index (χ0v) is 13.3. The molecule has 0 aliphatic rings. The lowest BCUT2D eigenvalue weighted by Gasteiger charge is -2.18. The van der Waals surface area contributed by atoms with E-state index in [2.05, 4.69) is 41.4 Å². The van der Waals surface area contributed by atoms with Crippen LogP contribution in [0.2, 0.25) is 0 Å². The second kappa shape index (κ2) is 6.55. The fourth-order valence-electron chi connectivity index (χ4n) is 1.87. The van der Waals surface area contributed by atoms with Crippen molar-refractivity contribution in [1.82, 2.24) is 25.3 Å². The van der Waals surface area contributed by atoms with Crippen LogP contribution in [0.1, 0.15) is 42.5 Å². The van der Waals surface area contributed by atoms with Crippen LogP contribution in [0, 0.1) is 0 Å². The molecule has 0 aliphatic carbocycles. The summed E-state index contributed by atoms with van der Waals surface area (Å²) in [5, 5.41) is 18.8. The molecule has 0 radical (unpaired) electrons. The Bertz CT molecular complexity index is 701. The van der Waals surface area contributed by atoms with Gasteiger partial charge in [-0.25, -0.2) is 4.68 Å². The van der Waals surface area contributed by atoms with Crippen LogP contribution in [0.15, 0.2) is 24.5 Å². The van der Waals surface area contributed by atoms with Crippen molar-refractivity contribution in [2.75, 3.05) is 0 Å². The maximum atomic E-state index is 12.0. The van der Waals surface area contributed by atoms with Crippen LogP contribution in [-0.4, -0.2) is 37.0 Å². The molecular weight excluding hydrogens is 298 g/mol. The van der Waals surface area contributed by atoms with Crippen LogP contribution in [0.5, 0.6) is 0 Å². The van der Waals surface area contributed by atoms with Gasteiger partial charge < -0.3 is 10.4 Å². The molecule has 0 spiro atoms. The molecule has 2 N–H and O–H groups in total. The van der Waals surface area contributed by atoms with Gasteiger partial charge in [0.15, 0.2) is 0 Å². The van der Waals surface area contributed by atoms with Crippen molar-refractivity contribution >= 4 is 11.9 Å². The Hall–Kier alpha value is -2.77. The summed E-state index contributed by atoms with van der Waals surface area (Å²) in [6.45, 7) is 6.11. The molecule has 0 saturated carbocycles. The number of nitrogens with one attached hydrogen (secondary N) is 1. The molecule has 2 heterocycles. The smallest absolute Gasteiger partial charge is 0.325 e. The van der Waals surface area contributed by atoms with Crippen LogP contribution in [0.25, 0.3) is 0 Å². The number of rotatable bonds is 5. The highest BCUT2D eigenvalue weighted by atomic mass is 16.4. The summed E-state index contributed by atoms with van der Waals surface area (Å²) in [4.78, 5) is 26.8. The number of amides is 1. The number of carbonyl (C=O) groups excluding carboxylic acids is 1. The van der Waals surface area contributed by atoms with Crippen molar-refractivity contribution in [3.8, 4) is 0 Å². The Morgan fingerprint density at radius 1 is 1.30 bits per heavy atom. The first-order valence-electron chi connectivity index (χ1n) is 7.11. The zero-order valence-electron chi connectivity index (χ0n) is 13.3. The molecule has 0 aliphatic heterocycles. The monoisotopic (exact) mass is 317 g/mol. The summed E-state index contributed by atoms with van der Waals surface area (Å²) < 4.78 is 1.19. The number of aliphatic carboxylic acids is 1. The van der Waals surface area contributed by atoms with Crippen LogP contribution < -0.4 is 5.32 Å². The van der Waals surface area contributed by atoms with Crippen molar-refractivity contribution < 1.29 is 14.7 Å². The normalized spacial score (nSPS) is 11.3. The van der Waals surface area contributed by atoms with E-state index in [1.54, 1.807) is 12.3 Å². The summed E-state index contributed by atoms with van der Waals surface area (Å²) in [5.74, 6) is -1.33. The van der Waals surface area contributed by atoms with E-state index < -0.39 is 5.97 Å². The average Bonchev–Trinajstić information content (AvgIpc) is 2.90. The molecule has 2 rings (SSSR count). The van der Waals surface area contributed by atoms with Crippen molar-refractivity contribution in [2.24, 2.45) is 0 Å². The minimum atomic E-state index is -1.01. The molecule has 23 heavy (non-hydrogen) atoms. The Morgan fingerprint density at radius 2 is 2.04 bits per heavy atom. The molecule has 0 bridgehead atoms. The van der Waals surface area contributed by atoms with E-state index in [4.69, 9.17) is 5.11 Å². The molecule has 0 fully saturated rings. The van der Waals surface area contributed by atoms with Gasteiger partial charge in [0.1, 0.15) is 17.9 Å². The SMILES string of the molecule is CC(C)(C)c1ccc(C(=O)NCc2cn(CC(=O)O)nn2)nc1. The predicted octanol–water partition coefficient (Wildman–Crippen LogP) is 0.985. The number of hydrogen-bond donors (Lipinski definition) is 2. The Balaban J connectivity index is 1.94. The lowest BCUT2D eigenvalue weighted by atomic mass is 9.88. The second-order valence-corrected chi connectivity index (χ2v) is 6.17. The van der Waals surface area contributed by atoms with E-state index in [9.17, 15) is 9.59 Å². The van der Waals surface area contributed by atoms with Crippen LogP contribution in [0.4, 0.5) is 0 Å². The van der Waals surface area contributed by atoms with E-state index in [1.807, 2.05) is 6.07 Å². The summed E-state index contributed by atoms with van der Waals surface area (Å²) >= 11 is 0. The Labute approximate surface area is 133 Å². The fraction of sp³-hybridized carbons (Fsp3) is 0.400. The summed E-state index contributed by atoms with van der Waals surface area (Å²) in [6.07, 6.45) is 3.17. The lowest BCUT2D eigenvalue weighted by Crippen LogP contribution is -2.24. The van der Waals surface area contributed by atoms with Gasteiger partial charge in [0.2, 0.25) is 0 Å². The van der Waals surface area contributed by atoms with Gasteiger partial charge in [0.25, 0.3) is 5.91 Å². The number of carboxylic acid groups (broad SMARTS) is 1. The highest BCUT2D eigenvalue weighted by Crippen LogP contribution is 2.20. The Kier molecular flexibility index (Phi) is 4.73. The Morgan fingerprint density at radius 3 is 2.61 bits per heavy atom. The van der Waals surface area contributed by atoms with Gasteiger partial charge in [-0.3, -0.25) is 14.6 Å².